The van der Waals surface area contributed by atoms with E-state index in [0.717, 1.165) is 29.1 Å². The summed E-state index contributed by atoms with van der Waals surface area (Å²) < 4.78 is 0. The molecule has 2 rings (SSSR count). The normalized spacial score (nSPS) is 10.6. The van der Waals surface area contributed by atoms with Crippen LogP contribution in [0.1, 0.15) is 33.1 Å². The van der Waals surface area contributed by atoms with Gasteiger partial charge in [-0.05, 0) is 38.8 Å². The third-order valence-corrected chi connectivity index (χ3v) is 2.88. The number of carbonyl (C=O) groups excluding carboxylic acids is 1. The molecule has 2 heterocycles. The fourth-order valence-electron chi connectivity index (χ4n) is 1.87. The van der Waals surface area contributed by atoms with E-state index in [-0.39, 0.29) is 5.91 Å². The van der Waals surface area contributed by atoms with Gasteiger partial charge in [-0.2, -0.15) is 10.2 Å². The molecule has 0 bridgehead atoms. The number of rotatable bonds is 4. The maximum atomic E-state index is 11.7. The molecule has 0 fully saturated rings. The van der Waals surface area contributed by atoms with E-state index in [1.54, 1.807) is 6.07 Å². The van der Waals surface area contributed by atoms with E-state index in [9.17, 15) is 4.79 Å². The van der Waals surface area contributed by atoms with Crippen molar-refractivity contribution in [3.05, 3.63) is 34.4 Å². The monoisotopic (exact) mass is 247 g/mol. The highest BCUT2D eigenvalue weighted by Gasteiger charge is 2.10. The summed E-state index contributed by atoms with van der Waals surface area (Å²) in [6.45, 7) is 6.37. The van der Waals surface area contributed by atoms with Crippen LogP contribution in [0.15, 0.2) is 6.07 Å². The maximum Gasteiger partial charge on any atom is 0.271 e. The predicted molar refractivity (Wildman–Crippen MR) is 67.4 cm³/mol. The quantitative estimate of drug-likeness (QED) is 0.754. The summed E-state index contributed by atoms with van der Waals surface area (Å²) in [6, 6.07) is 1.73. The standard InChI is InChI=1S/C12H17N5O/c1-7-6-11(17-14-7)12(18)13-5-4-10-8(2)15-16-9(10)3/h6H,4-5H2,1-3H3,(H,13,18)(H,14,17)(H,15,16). The molecule has 96 valence electrons. The second-order valence-electron chi connectivity index (χ2n) is 4.35. The van der Waals surface area contributed by atoms with Crippen molar-refractivity contribution in [3.63, 3.8) is 0 Å². The lowest BCUT2D eigenvalue weighted by Gasteiger charge is -2.03. The highest BCUT2D eigenvalue weighted by Crippen LogP contribution is 2.09. The van der Waals surface area contributed by atoms with Crippen LogP contribution >= 0.6 is 0 Å². The van der Waals surface area contributed by atoms with Crippen molar-refractivity contribution in [3.8, 4) is 0 Å². The zero-order valence-corrected chi connectivity index (χ0v) is 10.8. The van der Waals surface area contributed by atoms with Gasteiger partial charge in [-0.25, -0.2) is 0 Å². The molecule has 0 atom stereocenters. The zero-order valence-electron chi connectivity index (χ0n) is 10.8. The van der Waals surface area contributed by atoms with Gasteiger partial charge in [0, 0.05) is 17.9 Å². The first-order valence-corrected chi connectivity index (χ1v) is 5.88. The lowest BCUT2D eigenvalue weighted by atomic mass is 10.1. The summed E-state index contributed by atoms with van der Waals surface area (Å²) in [4.78, 5) is 11.7. The number of hydrogen-bond donors (Lipinski definition) is 3. The highest BCUT2D eigenvalue weighted by molar-refractivity contribution is 5.92. The number of nitrogens with zero attached hydrogens (tertiary/aromatic N) is 2. The van der Waals surface area contributed by atoms with Crippen molar-refractivity contribution in [2.45, 2.75) is 27.2 Å². The molecule has 1 amide bonds. The van der Waals surface area contributed by atoms with Crippen LogP contribution in [-0.4, -0.2) is 32.8 Å². The lowest BCUT2D eigenvalue weighted by Crippen LogP contribution is -2.26. The molecular formula is C12H17N5O. The molecule has 0 aliphatic heterocycles. The van der Waals surface area contributed by atoms with E-state index < -0.39 is 0 Å². The van der Waals surface area contributed by atoms with Crippen LogP contribution in [0.3, 0.4) is 0 Å². The van der Waals surface area contributed by atoms with E-state index in [4.69, 9.17) is 0 Å². The van der Waals surface area contributed by atoms with Crippen molar-refractivity contribution >= 4 is 5.91 Å². The summed E-state index contributed by atoms with van der Waals surface area (Å²) in [5.41, 5.74) is 4.50. The Kier molecular flexibility index (Phi) is 3.45. The molecule has 0 aromatic carbocycles. The minimum Gasteiger partial charge on any atom is -0.350 e. The number of aromatic amines is 2. The van der Waals surface area contributed by atoms with E-state index >= 15 is 0 Å². The Labute approximate surface area is 105 Å². The van der Waals surface area contributed by atoms with E-state index in [1.165, 1.54) is 0 Å². The molecule has 0 aliphatic carbocycles. The number of H-pyrrole nitrogens is 2. The van der Waals surface area contributed by atoms with Crippen LogP contribution < -0.4 is 5.32 Å². The van der Waals surface area contributed by atoms with E-state index in [2.05, 4.69) is 25.7 Å². The number of amides is 1. The third kappa shape index (κ3) is 2.58. The van der Waals surface area contributed by atoms with Crippen molar-refractivity contribution < 1.29 is 4.79 Å². The average Bonchev–Trinajstić information content (AvgIpc) is 2.89. The van der Waals surface area contributed by atoms with E-state index in [1.807, 2.05) is 20.8 Å². The summed E-state index contributed by atoms with van der Waals surface area (Å²) in [6.07, 6.45) is 0.767. The molecule has 6 heteroatoms. The van der Waals surface area contributed by atoms with Crippen molar-refractivity contribution in [1.29, 1.82) is 0 Å². The van der Waals surface area contributed by atoms with Gasteiger partial charge in [-0.3, -0.25) is 15.0 Å². The van der Waals surface area contributed by atoms with Crippen LogP contribution in [0.2, 0.25) is 0 Å². The Hall–Kier alpha value is -2.11. The topological polar surface area (TPSA) is 86.5 Å². The van der Waals surface area contributed by atoms with Gasteiger partial charge in [0.2, 0.25) is 0 Å². The fraction of sp³-hybridized carbons (Fsp3) is 0.417. The maximum absolute atomic E-state index is 11.7. The fourth-order valence-corrected chi connectivity index (χ4v) is 1.87. The number of carbonyl (C=O) groups is 1. The highest BCUT2D eigenvalue weighted by atomic mass is 16.1. The Balaban J connectivity index is 1.88. The second kappa shape index (κ2) is 5.03. The van der Waals surface area contributed by atoms with Crippen molar-refractivity contribution in [2.75, 3.05) is 6.54 Å². The largest absolute Gasteiger partial charge is 0.350 e. The van der Waals surface area contributed by atoms with Crippen LogP contribution in [0.4, 0.5) is 0 Å². The smallest absolute Gasteiger partial charge is 0.271 e. The summed E-state index contributed by atoms with van der Waals surface area (Å²) in [7, 11) is 0. The molecule has 2 aromatic heterocycles. The first kappa shape index (κ1) is 12.3. The minimum absolute atomic E-state index is 0.154. The van der Waals surface area contributed by atoms with Gasteiger partial charge >= 0.3 is 0 Å². The van der Waals surface area contributed by atoms with Crippen LogP contribution in [0, 0.1) is 20.8 Å². The van der Waals surface area contributed by atoms with Gasteiger partial charge in [0.15, 0.2) is 0 Å². The molecule has 0 radical (unpaired) electrons. The summed E-state index contributed by atoms with van der Waals surface area (Å²) in [5.74, 6) is -0.154. The van der Waals surface area contributed by atoms with Crippen LogP contribution in [-0.2, 0) is 6.42 Å². The third-order valence-electron chi connectivity index (χ3n) is 2.88. The number of nitrogens with one attached hydrogen (secondary N) is 3. The van der Waals surface area contributed by atoms with Gasteiger partial charge < -0.3 is 5.32 Å². The Bertz CT molecular complexity index is 535. The Morgan fingerprint density at radius 3 is 2.61 bits per heavy atom. The predicted octanol–water partition coefficient (Wildman–Crippen LogP) is 1.03. The van der Waals surface area contributed by atoms with Gasteiger partial charge in [-0.15, -0.1) is 0 Å². The molecule has 0 saturated carbocycles. The molecule has 0 saturated heterocycles. The van der Waals surface area contributed by atoms with Crippen LogP contribution in [0.25, 0.3) is 0 Å². The molecule has 0 spiro atoms. The first-order chi connectivity index (χ1) is 8.58. The summed E-state index contributed by atoms with van der Waals surface area (Å²) >= 11 is 0. The van der Waals surface area contributed by atoms with E-state index in [0.29, 0.717) is 12.2 Å². The van der Waals surface area contributed by atoms with Gasteiger partial charge in [-0.1, -0.05) is 0 Å². The number of hydrogen-bond acceptors (Lipinski definition) is 3. The minimum atomic E-state index is -0.154. The molecule has 0 aliphatic rings. The number of aryl methyl sites for hydroxylation is 3. The van der Waals surface area contributed by atoms with Crippen molar-refractivity contribution in [1.82, 2.24) is 25.7 Å². The summed E-state index contributed by atoms with van der Waals surface area (Å²) in [5, 5.41) is 16.5. The SMILES string of the molecule is Cc1cc(C(=O)NCCc2c(C)n[nH]c2C)n[nH]1. The Morgan fingerprint density at radius 1 is 1.28 bits per heavy atom. The molecule has 18 heavy (non-hydrogen) atoms. The first-order valence-electron chi connectivity index (χ1n) is 5.88. The van der Waals surface area contributed by atoms with Gasteiger partial charge in [0.25, 0.3) is 5.91 Å². The second-order valence-corrected chi connectivity index (χ2v) is 4.35. The van der Waals surface area contributed by atoms with Crippen LogP contribution in [0.5, 0.6) is 0 Å². The molecule has 0 unspecified atom stereocenters. The lowest BCUT2D eigenvalue weighted by molar-refractivity contribution is 0.0949. The molecular weight excluding hydrogens is 230 g/mol. The number of aromatic nitrogens is 4. The van der Waals surface area contributed by atoms with Gasteiger partial charge in [0.1, 0.15) is 5.69 Å². The average molecular weight is 247 g/mol. The molecule has 2 aromatic rings. The van der Waals surface area contributed by atoms with Gasteiger partial charge in [0.05, 0.1) is 5.69 Å². The Morgan fingerprint density at radius 2 is 2.06 bits per heavy atom. The van der Waals surface area contributed by atoms with Crippen molar-refractivity contribution in [2.24, 2.45) is 0 Å². The zero-order chi connectivity index (χ0) is 13.1. The molecule has 3 N–H and O–H groups in total. The molecule has 6 nitrogen and oxygen atoms in total.